The predicted octanol–water partition coefficient (Wildman–Crippen LogP) is 3.30. The van der Waals surface area contributed by atoms with Gasteiger partial charge in [-0.1, -0.05) is 15.9 Å². The molecule has 1 atom stereocenters. The lowest BCUT2D eigenvalue weighted by atomic mass is 10.0. The number of nitrogens with zero attached hydrogens (tertiary/aromatic N) is 1. The highest BCUT2D eigenvalue weighted by atomic mass is 79.9. The van der Waals surface area contributed by atoms with Crippen molar-refractivity contribution in [3.8, 4) is 5.75 Å². The largest absolute Gasteiger partial charge is 0.495 e. The van der Waals surface area contributed by atoms with Crippen LogP contribution in [0.15, 0.2) is 41.0 Å². The molecule has 1 unspecified atom stereocenters. The van der Waals surface area contributed by atoms with Gasteiger partial charge in [0.2, 0.25) is 0 Å². The van der Waals surface area contributed by atoms with E-state index < -0.39 is 0 Å². The van der Waals surface area contributed by atoms with Crippen molar-refractivity contribution in [2.24, 2.45) is 0 Å². The van der Waals surface area contributed by atoms with Gasteiger partial charge in [-0.3, -0.25) is 4.98 Å². The summed E-state index contributed by atoms with van der Waals surface area (Å²) in [5.41, 5.74) is 1.51. The van der Waals surface area contributed by atoms with Crippen molar-refractivity contribution < 1.29 is 9.13 Å². The van der Waals surface area contributed by atoms with Gasteiger partial charge in [0.1, 0.15) is 17.3 Å². The first-order valence-electron chi connectivity index (χ1n) is 5.78. The van der Waals surface area contributed by atoms with Crippen LogP contribution in [0.2, 0.25) is 0 Å². The molecular formula is C14H14BrFN2O. The van der Waals surface area contributed by atoms with Gasteiger partial charge in [-0.2, -0.15) is 0 Å². The van der Waals surface area contributed by atoms with Crippen molar-refractivity contribution in [1.82, 2.24) is 10.3 Å². The second-order valence-electron chi connectivity index (χ2n) is 4.02. The van der Waals surface area contributed by atoms with Crippen LogP contribution in [0.4, 0.5) is 4.39 Å². The molecule has 19 heavy (non-hydrogen) atoms. The first kappa shape index (κ1) is 14.0. The van der Waals surface area contributed by atoms with Crippen LogP contribution < -0.4 is 10.1 Å². The van der Waals surface area contributed by atoms with E-state index in [0.717, 1.165) is 11.3 Å². The van der Waals surface area contributed by atoms with E-state index >= 15 is 0 Å². The van der Waals surface area contributed by atoms with E-state index in [9.17, 15) is 4.39 Å². The van der Waals surface area contributed by atoms with Crippen molar-refractivity contribution in [2.45, 2.75) is 6.04 Å². The van der Waals surface area contributed by atoms with Crippen LogP contribution in [0.5, 0.6) is 5.75 Å². The molecule has 3 nitrogen and oxygen atoms in total. The predicted molar refractivity (Wildman–Crippen MR) is 75.8 cm³/mol. The normalized spacial score (nSPS) is 12.2. The molecule has 5 heteroatoms. The third kappa shape index (κ3) is 3.11. The lowest BCUT2D eigenvalue weighted by Gasteiger charge is -2.19. The number of halogens is 2. The Balaban J connectivity index is 2.49. The molecular weight excluding hydrogens is 311 g/mol. The summed E-state index contributed by atoms with van der Waals surface area (Å²) >= 11 is 3.30. The Morgan fingerprint density at radius 2 is 2.16 bits per heavy atom. The molecule has 1 heterocycles. The Morgan fingerprint density at radius 1 is 1.37 bits per heavy atom. The molecule has 0 saturated heterocycles. The number of aromatic nitrogens is 1. The number of rotatable bonds is 4. The minimum atomic E-state index is -0.292. The first-order chi connectivity index (χ1) is 9.15. The number of ether oxygens (including phenoxy) is 1. The second-order valence-corrected chi connectivity index (χ2v) is 4.93. The zero-order valence-electron chi connectivity index (χ0n) is 10.7. The highest BCUT2D eigenvalue weighted by molar-refractivity contribution is 9.10. The number of methoxy groups -OCH3 is 1. The fraction of sp³-hybridized carbons (Fsp3) is 0.214. The average molecular weight is 325 g/mol. The maximum Gasteiger partial charge on any atom is 0.142 e. The van der Waals surface area contributed by atoms with E-state index in [0.29, 0.717) is 10.2 Å². The van der Waals surface area contributed by atoms with Crippen molar-refractivity contribution in [2.75, 3.05) is 14.2 Å². The molecule has 0 radical (unpaired) electrons. The van der Waals surface area contributed by atoms with Gasteiger partial charge < -0.3 is 10.1 Å². The van der Waals surface area contributed by atoms with Crippen molar-refractivity contribution >= 4 is 15.9 Å². The maximum atomic E-state index is 13.5. The van der Waals surface area contributed by atoms with Gasteiger partial charge >= 0.3 is 0 Å². The quantitative estimate of drug-likeness (QED) is 0.937. The Kier molecular flexibility index (Phi) is 4.50. The maximum absolute atomic E-state index is 13.5. The molecule has 0 fully saturated rings. The SMILES string of the molecule is CNC(c1cc(F)cc(Br)c1)c1ncccc1OC. The van der Waals surface area contributed by atoms with E-state index in [1.807, 2.05) is 12.1 Å². The van der Waals surface area contributed by atoms with Gasteiger partial charge in [0.15, 0.2) is 0 Å². The van der Waals surface area contributed by atoms with Gasteiger partial charge in [0.05, 0.1) is 13.2 Å². The molecule has 0 aliphatic carbocycles. The third-order valence-electron chi connectivity index (χ3n) is 2.80. The molecule has 2 aromatic rings. The van der Waals surface area contributed by atoms with Crippen LogP contribution in [0.25, 0.3) is 0 Å². The summed E-state index contributed by atoms with van der Waals surface area (Å²) in [5.74, 6) is 0.377. The number of hydrogen-bond acceptors (Lipinski definition) is 3. The molecule has 2 rings (SSSR count). The summed E-state index contributed by atoms with van der Waals surface area (Å²) in [6.07, 6.45) is 1.69. The number of hydrogen-bond donors (Lipinski definition) is 1. The summed E-state index contributed by atoms with van der Waals surface area (Å²) in [4.78, 5) is 4.33. The van der Waals surface area contributed by atoms with E-state index in [1.165, 1.54) is 12.1 Å². The zero-order chi connectivity index (χ0) is 13.8. The fourth-order valence-electron chi connectivity index (χ4n) is 2.00. The molecule has 0 spiro atoms. The highest BCUT2D eigenvalue weighted by Gasteiger charge is 2.18. The molecule has 1 aromatic heterocycles. The second kappa shape index (κ2) is 6.12. The van der Waals surface area contributed by atoms with Gasteiger partial charge in [-0.25, -0.2) is 4.39 Å². The standard InChI is InChI=1S/C14H14BrFN2O/c1-17-13(9-6-10(15)8-11(16)7-9)14-12(19-2)4-3-5-18-14/h3-8,13,17H,1-2H3. The summed E-state index contributed by atoms with van der Waals surface area (Å²) in [6, 6.07) is 8.17. The Morgan fingerprint density at radius 3 is 2.79 bits per heavy atom. The van der Waals surface area contributed by atoms with Gasteiger partial charge in [-0.15, -0.1) is 0 Å². The molecule has 1 N–H and O–H groups in total. The highest BCUT2D eigenvalue weighted by Crippen LogP contribution is 2.29. The average Bonchev–Trinajstić information content (AvgIpc) is 2.39. The van der Waals surface area contributed by atoms with Crippen LogP contribution in [0, 0.1) is 5.82 Å². The third-order valence-corrected chi connectivity index (χ3v) is 3.26. The molecule has 0 saturated carbocycles. The smallest absolute Gasteiger partial charge is 0.142 e. The summed E-state index contributed by atoms with van der Waals surface area (Å²) < 4.78 is 19.5. The topological polar surface area (TPSA) is 34.2 Å². The minimum absolute atomic E-state index is 0.233. The van der Waals surface area contributed by atoms with Crippen molar-refractivity contribution in [3.05, 3.63) is 58.1 Å². The van der Waals surface area contributed by atoms with E-state index in [2.05, 4.69) is 26.2 Å². The zero-order valence-corrected chi connectivity index (χ0v) is 12.2. The first-order valence-corrected chi connectivity index (χ1v) is 6.57. The lowest BCUT2D eigenvalue weighted by Crippen LogP contribution is -2.20. The van der Waals surface area contributed by atoms with E-state index in [4.69, 9.17) is 4.74 Å². The van der Waals surface area contributed by atoms with Crippen LogP contribution in [-0.4, -0.2) is 19.1 Å². The molecule has 0 aliphatic heterocycles. The minimum Gasteiger partial charge on any atom is -0.495 e. The lowest BCUT2D eigenvalue weighted by molar-refractivity contribution is 0.401. The van der Waals surface area contributed by atoms with Crippen LogP contribution in [0.1, 0.15) is 17.3 Å². The molecule has 0 amide bonds. The van der Waals surface area contributed by atoms with Gasteiger partial charge in [0, 0.05) is 10.7 Å². The molecule has 0 bridgehead atoms. The van der Waals surface area contributed by atoms with Crippen LogP contribution in [-0.2, 0) is 0 Å². The van der Waals surface area contributed by atoms with Crippen LogP contribution >= 0.6 is 15.9 Å². The molecule has 100 valence electrons. The molecule has 1 aromatic carbocycles. The summed E-state index contributed by atoms with van der Waals surface area (Å²) in [6.45, 7) is 0. The van der Waals surface area contributed by atoms with Crippen molar-refractivity contribution in [1.29, 1.82) is 0 Å². The number of benzene rings is 1. The monoisotopic (exact) mass is 324 g/mol. The van der Waals surface area contributed by atoms with E-state index in [-0.39, 0.29) is 11.9 Å². The Labute approximate surface area is 119 Å². The summed E-state index contributed by atoms with van der Waals surface area (Å²) in [5, 5.41) is 3.13. The van der Waals surface area contributed by atoms with Crippen LogP contribution in [0.3, 0.4) is 0 Å². The van der Waals surface area contributed by atoms with Crippen molar-refractivity contribution in [3.63, 3.8) is 0 Å². The molecule has 0 aliphatic rings. The van der Waals surface area contributed by atoms with Gasteiger partial charge in [0.25, 0.3) is 0 Å². The van der Waals surface area contributed by atoms with Gasteiger partial charge in [-0.05, 0) is 42.9 Å². The van der Waals surface area contributed by atoms with E-state index in [1.54, 1.807) is 26.4 Å². The Bertz CT molecular complexity index is 557. The number of nitrogens with one attached hydrogen (secondary N) is 1. The summed E-state index contributed by atoms with van der Waals surface area (Å²) in [7, 11) is 3.40. The fourth-order valence-corrected chi connectivity index (χ4v) is 2.48. The Hall–Kier alpha value is -1.46. The number of pyridine rings is 1.